The number of hydrogen-bond donors (Lipinski definition) is 2. The van der Waals surface area contributed by atoms with Gasteiger partial charge in [0.15, 0.2) is 5.75 Å². The van der Waals surface area contributed by atoms with E-state index in [1.54, 1.807) is 30.3 Å². The van der Waals surface area contributed by atoms with Gasteiger partial charge < -0.3 is 25.0 Å². The highest BCUT2D eigenvalue weighted by atomic mass is 35.5. The van der Waals surface area contributed by atoms with Crippen LogP contribution in [0.2, 0.25) is 10.0 Å². The molecule has 3 aromatic carbocycles. The van der Waals surface area contributed by atoms with Crippen molar-refractivity contribution in [2.45, 2.75) is 13.5 Å². The van der Waals surface area contributed by atoms with E-state index in [0.717, 1.165) is 5.56 Å². The highest BCUT2D eigenvalue weighted by molar-refractivity contribution is 6.37. The first kappa shape index (κ1) is 29.7. The fourth-order valence-corrected chi connectivity index (χ4v) is 4.60. The average molecular weight is 591 g/mol. The van der Waals surface area contributed by atoms with Crippen molar-refractivity contribution in [3.63, 3.8) is 0 Å². The number of rotatable bonds is 11. The van der Waals surface area contributed by atoms with Gasteiger partial charge in [0.2, 0.25) is 5.91 Å². The molecule has 0 radical (unpaired) electrons. The normalized spacial score (nSPS) is 11.0. The van der Waals surface area contributed by atoms with Gasteiger partial charge in [-0.05, 0) is 44.8 Å². The Bertz CT molecular complexity index is 1600. The number of carbonyl (C=O) groups excluding carboxylic acids is 1. The summed E-state index contributed by atoms with van der Waals surface area (Å²) in [5, 5.41) is 17.2. The molecule has 0 aliphatic carbocycles. The molecule has 0 saturated carbocycles. The average Bonchev–Trinajstić information content (AvgIpc) is 2.94. The summed E-state index contributed by atoms with van der Waals surface area (Å²) in [6, 6.07) is 18.7. The van der Waals surface area contributed by atoms with Gasteiger partial charge in [0.1, 0.15) is 18.4 Å². The van der Waals surface area contributed by atoms with Crippen molar-refractivity contribution in [3.8, 4) is 17.6 Å². The van der Waals surface area contributed by atoms with Crippen LogP contribution in [0.15, 0.2) is 72.9 Å². The minimum absolute atomic E-state index is 0.293. The van der Waals surface area contributed by atoms with Crippen LogP contribution in [-0.2, 0) is 11.4 Å². The lowest BCUT2D eigenvalue weighted by molar-refractivity contribution is -0.111. The van der Waals surface area contributed by atoms with E-state index in [4.69, 9.17) is 32.7 Å². The number of benzene rings is 3. The first-order valence-electron chi connectivity index (χ1n) is 12.8. The number of pyridine rings is 1. The summed E-state index contributed by atoms with van der Waals surface area (Å²) >= 11 is 13.1. The van der Waals surface area contributed by atoms with Gasteiger partial charge in [-0.2, -0.15) is 5.26 Å². The van der Waals surface area contributed by atoms with Crippen molar-refractivity contribution in [2.24, 2.45) is 0 Å². The van der Waals surface area contributed by atoms with Crippen LogP contribution in [0.1, 0.15) is 18.1 Å². The summed E-state index contributed by atoms with van der Waals surface area (Å²) in [7, 11) is 3.83. The summed E-state index contributed by atoms with van der Waals surface area (Å²) in [6.07, 6.45) is 4.71. The molecule has 0 spiro atoms. The van der Waals surface area contributed by atoms with Gasteiger partial charge in [-0.1, -0.05) is 59.6 Å². The Kier molecular flexibility index (Phi) is 10.0. The van der Waals surface area contributed by atoms with E-state index in [1.165, 1.54) is 12.3 Å². The van der Waals surface area contributed by atoms with Gasteiger partial charge in [0.05, 0.1) is 39.1 Å². The van der Waals surface area contributed by atoms with E-state index in [2.05, 4.69) is 21.7 Å². The number of carbonyl (C=O) groups is 1. The maximum Gasteiger partial charge on any atom is 0.248 e. The van der Waals surface area contributed by atoms with Gasteiger partial charge in [-0.3, -0.25) is 9.78 Å². The Morgan fingerprint density at radius 2 is 1.83 bits per heavy atom. The van der Waals surface area contributed by atoms with E-state index < -0.39 is 0 Å². The molecule has 4 rings (SSSR count). The Morgan fingerprint density at radius 1 is 1.10 bits per heavy atom. The van der Waals surface area contributed by atoms with Crippen LogP contribution in [0.5, 0.6) is 11.5 Å². The second kappa shape index (κ2) is 13.9. The molecule has 0 bridgehead atoms. The number of aromatic nitrogens is 1. The third-order valence-corrected chi connectivity index (χ3v) is 6.44. The minimum Gasteiger partial charge on any atom is -0.492 e. The standard InChI is InChI=1S/C31H29Cl2N5O3/c1-4-40-28-16-26-23(15-27(28)37-29(39)11-8-12-38(2)3)30(21(17-34)18-35-26)36-22-13-24(32)31(25(33)14-22)41-19-20-9-6-5-7-10-20/h5-11,13-16,18H,4,12,19H2,1-3H3,(H,35,36)(H,37,39)/b11-8+. The number of halogens is 2. The zero-order valence-electron chi connectivity index (χ0n) is 22.9. The Balaban J connectivity index is 1.68. The lowest BCUT2D eigenvalue weighted by Crippen LogP contribution is -2.13. The molecular formula is C31H29Cl2N5O3. The van der Waals surface area contributed by atoms with Crippen molar-refractivity contribution in [3.05, 3.63) is 94.1 Å². The van der Waals surface area contributed by atoms with Crippen molar-refractivity contribution in [1.29, 1.82) is 5.26 Å². The smallest absolute Gasteiger partial charge is 0.248 e. The summed E-state index contributed by atoms with van der Waals surface area (Å²) in [5.74, 6) is 0.510. The number of anilines is 3. The van der Waals surface area contributed by atoms with Crippen LogP contribution in [0.4, 0.5) is 17.1 Å². The molecule has 210 valence electrons. The van der Waals surface area contributed by atoms with Crippen LogP contribution in [-0.4, -0.2) is 43.0 Å². The lowest BCUT2D eigenvalue weighted by Gasteiger charge is -2.17. The molecule has 1 aromatic heterocycles. The number of amides is 1. The maximum absolute atomic E-state index is 12.6. The molecule has 0 fully saturated rings. The molecule has 10 heteroatoms. The number of hydrogen-bond acceptors (Lipinski definition) is 7. The van der Waals surface area contributed by atoms with E-state index in [0.29, 0.717) is 74.8 Å². The fraction of sp³-hybridized carbons (Fsp3) is 0.194. The van der Waals surface area contributed by atoms with Crippen molar-refractivity contribution in [2.75, 3.05) is 37.9 Å². The second-order valence-corrected chi connectivity index (χ2v) is 10.1. The maximum atomic E-state index is 12.6. The molecule has 0 aliphatic heterocycles. The van der Waals surface area contributed by atoms with Crippen LogP contribution < -0.4 is 20.1 Å². The van der Waals surface area contributed by atoms with Gasteiger partial charge in [0.25, 0.3) is 0 Å². The molecule has 8 nitrogen and oxygen atoms in total. The predicted octanol–water partition coefficient (Wildman–Crippen LogP) is 7.19. The number of fused-ring (bicyclic) bond motifs is 1. The van der Waals surface area contributed by atoms with E-state index >= 15 is 0 Å². The quantitative estimate of drug-likeness (QED) is 0.178. The first-order chi connectivity index (χ1) is 19.8. The van der Waals surface area contributed by atoms with E-state index in [-0.39, 0.29) is 5.91 Å². The molecule has 0 unspecified atom stereocenters. The topological polar surface area (TPSA) is 99.5 Å². The lowest BCUT2D eigenvalue weighted by atomic mass is 10.1. The summed E-state index contributed by atoms with van der Waals surface area (Å²) in [6.45, 7) is 3.17. The van der Waals surface area contributed by atoms with Gasteiger partial charge >= 0.3 is 0 Å². The zero-order chi connectivity index (χ0) is 29.4. The Morgan fingerprint density at radius 3 is 2.49 bits per heavy atom. The number of likely N-dealkylation sites (N-methyl/N-ethyl adjacent to an activating group) is 1. The zero-order valence-corrected chi connectivity index (χ0v) is 24.4. The molecule has 0 saturated heterocycles. The first-order valence-corrected chi connectivity index (χ1v) is 13.6. The van der Waals surface area contributed by atoms with Crippen LogP contribution >= 0.6 is 23.2 Å². The van der Waals surface area contributed by atoms with E-state index in [1.807, 2.05) is 56.3 Å². The third kappa shape index (κ3) is 7.68. The molecule has 1 heterocycles. The molecule has 1 amide bonds. The molecule has 4 aromatic rings. The SMILES string of the molecule is CCOc1cc2ncc(C#N)c(Nc3cc(Cl)c(OCc4ccccc4)c(Cl)c3)c2cc1NC(=O)/C=C/CN(C)C. The summed E-state index contributed by atoms with van der Waals surface area (Å²) < 4.78 is 11.7. The number of nitriles is 1. The highest BCUT2D eigenvalue weighted by Gasteiger charge is 2.17. The van der Waals surface area contributed by atoms with Crippen LogP contribution in [0, 0.1) is 11.3 Å². The van der Waals surface area contributed by atoms with Gasteiger partial charge in [-0.25, -0.2) is 0 Å². The fourth-order valence-electron chi connectivity index (χ4n) is 4.00. The second-order valence-electron chi connectivity index (χ2n) is 9.28. The number of nitrogens with zero attached hydrogens (tertiary/aromatic N) is 3. The van der Waals surface area contributed by atoms with Crippen LogP contribution in [0.25, 0.3) is 10.9 Å². The Labute approximate surface area is 249 Å². The molecule has 41 heavy (non-hydrogen) atoms. The number of ether oxygens (including phenoxy) is 2. The van der Waals surface area contributed by atoms with Crippen molar-refractivity contribution in [1.82, 2.24) is 9.88 Å². The van der Waals surface area contributed by atoms with E-state index in [9.17, 15) is 10.1 Å². The molecule has 0 aliphatic rings. The monoisotopic (exact) mass is 589 g/mol. The molecule has 0 atom stereocenters. The van der Waals surface area contributed by atoms with Crippen LogP contribution in [0.3, 0.4) is 0 Å². The van der Waals surface area contributed by atoms with Gasteiger partial charge in [0, 0.05) is 36.0 Å². The third-order valence-electron chi connectivity index (χ3n) is 5.88. The number of nitrogens with one attached hydrogen (secondary N) is 2. The van der Waals surface area contributed by atoms with Crippen molar-refractivity contribution >= 4 is 57.1 Å². The Hall–Kier alpha value is -4.29. The van der Waals surface area contributed by atoms with Crippen molar-refractivity contribution < 1.29 is 14.3 Å². The molecular weight excluding hydrogens is 561 g/mol. The summed E-state index contributed by atoms with van der Waals surface area (Å²) in [5.41, 5.74) is 3.30. The summed E-state index contributed by atoms with van der Waals surface area (Å²) in [4.78, 5) is 19.0. The van der Waals surface area contributed by atoms with Gasteiger partial charge in [-0.15, -0.1) is 0 Å². The predicted molar refractivity (Wildman–Crippen MR) is 164 cm³/mol. The molecule has 2 N–H and O–H groups in total. The largest absolute Gasteiger partial charge is 0.492 e. The minimum atomic E-state index is -0.310. The highest BCUT2D eigenvalue weighted by Crippen LogP contribution is 2.40.